The number of H-pyrrole nitrogens is 1. The van der Waals surface area contributed by atoms with Crippen LogP contribution in [0.15, 0.2) is 61.1 Å². The van der Waals surface area contributed by atoms with Crippen LogP contribution in [0.4, 0.5) is 0 Å². The highest BCUT2D eigenvalue weighted by Crippen LogP contribution is 2.44. The number of hydrogen-bond acceptors (Lipinski definition) is 4. The van der Waals surface area contributed by atoms with Gasteiger partial charge in [-0.1, -0.05) is 35.3 Å². The Morgan fingerprint density at radius 1 is 1.00 bits per heavy atom. The Bertz CT molecular complexity index is 1120. The number of hydrogen-bond donors (Lipinski definition) is 1. The summed E-state index contributed by atoms with van der Waals surface area (Å²) in [5.41, 5.74) is 3.54. The summed E-state index contributed by atoms with van der Waals surface area (Å²) < 4.78 is 0. The molecule has 146 valence electrons. The highest BCUT2D eigenvalue weighted by molar-refractivity contribution is 7.19. The van der Waals surface area contributed by atoms with E-state index in [1.54, 1.807) is 23.7 Å². The van der Waals surface area contributed by atoms with Crippen LogP contribution in [0.1, 0.15) is 23.6 Å². The SMILES string of the molecule is Clc1ccc(C(c2cc(-c3ccnc(Cl)c3)sc2-c2ncc[nH]2)N2CCC2)cc1. The van der Waals surface area contributed by atoms with Crippen LogP contribution < -0.4 is 0 Å². The van der Waals surface area contributed by atoms with E-state index in [1.807, 2.05) is 30.5 Å². The molecule has 1 saturated heterocycles. The highest BCUT2D eigenvalue weighted by atomic mass is 35.5. The number of aromatic amines is 1. The van der Waals surface area contributed by atoms with E-state index < -0.39 is 0 Å². The minimum absolute atomic E-state index is 0.156. The van der Waals surface area contributed by atoms with Gasteiger partial charge in [-0.15, -0.1) is 11.3 Å². The number of imidazole rings is 1. The van der Waals surface area contributed by atoms with Crippen molar-refractivity contribution in [2.45, 2.75) is 12.5 Å². The molecule has 1 N–H and O–H groups in total. The fraction of sp³-hybridized carbons (Fsp3) is 0.182. The molecule has 0 saturated carbocycles. The molecule has 1 atom stereocenters. The first-order valence-corrected chi connectivity index (χ1v) is 11.0. The highest BCUT2D eigenvalue weighted by Gasteiger charge is 2.31. The molecule has 0 bridgehead atoms. The number of aromatic nitrogens is 3. The summed E-state index contributed by atoms with van der Waals surface area (Å²) in [7, 11) is 0. The smallest absolute Gasteiger partial charge is 0.147 e. The van der Waals surface area contributed by atoms with E-state index in [4.69, 9.17) is 23.2 Å². The van der Waals surface area contributed by atoms with Crippen molar-refractivity contribution < 1.29 is 0 Å². The van der Waals surface area contributed by atoms with Crippen molar-refractivity contribution in [3.63, 3.8) is 0 Å². The van der Waals surface area contributed by atoms with Gasteiger partial charge >= 0.3 is 0 Å². The Labute approximate surface area is 183 Å². The fourth-order valence-electron chi connectivity index (χ4n) is 3.71. The third-order valence-corrected chi connectivity index (χ3v) is 6.89. The number of likely N-dealkylation sites (tertiary alicyclic amines) is 1. The number of rotatable bonds is 5. The third kappa shape index (κ3) is 3.71. The maximum absolute atomic E-state index is 6.16. The van der Waals surface area contributed by atoms with Gasteiger partial charge in [0.25, 0.3) is 0 Å². The second-order valence-electron chi connectivity index (χ2n) is 7.04. The average Bonchev–Trinajstić information content (AvgIpc) is 3.35. The standard InChI is InChI=1S/C22H18Cl2N4S/c23-16-4-2-14(3-5-16)20(28-10-1-11-28)17-13-18(15-6-7-25-19(24)12-15)29-21(17)22-26-8-9-27-22/h2-9,12-13,20H,1,10-11H2,(H,26,27). The van der Waals surface area contributed by atoms with Gasteiger partial charge in [-0.3, -0.25) is 4.90 Å². The van der Waals surface area contributed by atoms with Gasteiger partial charge in [-0.2, -0.15) is 0 Å². The topological polar surface area (TPSA) is 44.8 Å². The Kier molecular flexibility index (Phi) is 5.14. The quantitative estimate of drug-likeness (QED) is 0.370. The normalized spacial score (nSPS) is 15.2. The fourth-order valence-corrected chi connectivity index (χ4v) is 5.16. The van der Waals surface area contributed by atoms with E-state index in [2.05, 4.69) is 38.1 Å². The van der Waals surface area contributed by atoms with Gasteiger partial charge in [0, 0.05) is 41.6 Å². The van der Waals surface area contributed by atoms with E-state index in [0.29, 0.717) is 5.15 Å². The minimum atomic E-state index is 0.156. The van der Waals surface area contributed by atoms with Crippen LogP contribution in [-0.2, 0) is 0 Å². The summed E-state index contributed by atoms with van der Waals surface area (Å²) in [6, 6.07) is 14.5. The number of nitrogens with zero attached hydrogens (tertiary/aromatic N) is 3. The van der Waals surface area contributed by atoms with Gasteiger partial charge in [0.1, 0.15) is 11.0 Å². The molecule has 4 nitrogen and oxygen atoms in total. The molecule has 0 aliphatic carbocycles. The molecule has 1 fully saturated rings. The largest absolute Gasteiger partial charge is 0.344 e. The number of pyridine rings is 1. The molecule has 1 aliphatic heterocycles. The summed E-state index contributed by atoms with van der Waals surface area (Å²) >= 11 is 14.0. The molecule has 0 radical (unpaired) electrons. The van der Waals surface area contributed by atoms with Crippen molar-refractivity contribution in [1.82, 2.24) is 19.9 Å². The maximum Gasteiger partial charge on any atom is 0.147 e. The van der Waals surface area contributed by atoms with Gasteiger partial charge in [0.2, 0.25) is 0 Å². The van der Waals surface area contributed by atoms with Crippen LogP contribution in [0.2, 0.25) is 10.2 Å². The van der Waals surface area contributed by atoms with E-state index >= 15 is 0 Å². The molecule has 1 unspecified atom stereocenters. The van der Waals surface area contributed by atoms with E-state index in [9.17, 15) is 0 Å². The van der Waals surface area contributed by atoms with Gasteiger partial charge in [0.15, 0.2) is 0 Å². The van der Waals surface area contributed by atoms with Crippen molar-refractivity contribution in [1.29, 1.82) is 0 Å². The van der Waals surface area contributed by atoms with Crippen LogP contribution >= 0.6 is 34.5 Å². The Morgan fingerprint density at radius 2 is 1.83 bits per heavy atom. The molecule has 1 aromatic carbocycles. The Hall–Kier alpha value is -2.18. The Morgan fingerprint density at radius 3 is 2.48 bits per heavy atom. The van der Waals surface area contributed by atoms with Crippen molar-refractivity contribution in [3.05, 3.63) is 82.4 Å². The molecule has 0 amide bonds. The molecule has 29 heavy (non-hydrogen) atoms. The first kappa shape index (κ1) is 18.8. The summed E-state index contributed by atoms with van der Waals surface area (Å²) in [6.45, 7) is 2.16. The molecule has 0 spiro atoms. The second-order valence-corrected chi connectivity index (χ2v) is 8.92. The number of thiophene rings is 1. The van der Waals surface area contributed by atoms with Gasteiger partial charge in [-0.05, 0) is 53.4 Å². The van der Waals surface area contributed by atoms with Crippen molar-refractivity contribution in [3.8, 4) is 21.1 Å². The molecule has 1 aliphatic rings. The first-order chi connectivity index (χ1) is 14.2. The van der Waals surface area contributed by atoms with Crippen molar-refractivity contribution >= 4 is 34.5 Å². The van der Waals surface area contributed by atoms with Crippen LogP contribution in [0, 0.1) is 0 Å². The van der Waals surface area contributed by atoms with E-state index in [-0.39, 0.29) is 6.04 Å². The zero-order valence-electron chi connectivity index (χ0n) is 15.5. The lowest BCUT2D eigenvalue weighted by Gasteiger charge is -2.39. The number of nitrogens with one attached hydrogen (secondary N) is 1. The summed E-state index contributed by atoms with van der Waals surface area (Å²) in [5.74, 6) is 0.885. The van der Waals surface area contributed by atoms with Crippen molar-refractivity contribution in [2.75, 3.05) is 13.1 Å². The maximum atomic E-state index is 6.16. The molecular formula is C22H18Cl2N4S. The van der Waals surface area contributed by atoms with E-state index in [0.717, 1.165) is 39.3 Å². The van der Waals surface area contributed by atoms with Crippen molar-refractivity contribution in [2.24, 2.45) is 0 Å². The lowest BCUT2D eigenvalue weighted by atomic mass is 9.94. The molecular weight excluding hydrogens is 423 g/mol. The predicted octanol–water partition coefficient (Wildman–Crippen LogP) is 6.30. The lowest BCUT2D eigenvalue weighted by molar-refractivity contribution is 0.141. The van der Waals surface area contributed by atoms with Gasteiger partial charge in [0.05, 0.1) is 10.9 Å². The third-order valence-electron chi connectivity index (χ3n) is 5.22. The van der Waals surface area contributed by atoms with Crippen LogP contribution in [-0.4, -0.2) is 32.9 Å². The minimum Gasteiger partial charge on any atom is -0.344 e. The summed E-state index contributed by atoms with van der Waals surface area (Å²) in [6.07, 6.45) is 6.62. The van der Waals surface area contributed by atoms with Gasteiger partial charge < -0.3 is 4.98 Å². The molecule has 5 rings (SSSR count). The molecule has 4 heterocycles. The second kappa shape index (κ2) is 7.92. The number of benzene rings is 1. The zero-order valence-corrected chi connectivity index (χ0v) is 17.8. The molecule has 3 aromatic heterocycles. The van der Waals surface area contributed by atoms with Crippen LogP contribution in [0.3, 0.4) is 0 Å². The van der Waals surface area contributed by atoms with E-state index in [1.165, 1.54) is 17.5 Å². The monoisotopic (exact) mass is 440 g/mol. The molecule has 4 aromatic rings. The Balaban J connectivity index is 1.67. The first-order valence-electron chi connectivity index (χ1n) is 9.44. The number of halogens is 2. The van der Waals surface area contributed by atoms with Crippen LogP contribution in [0.5, 0.6) is 0 Å². The molecule has 7 heteroatoms. The van der Waals surface area contributed by atoms with Gasteiger partial charge in [-0.25, -0.2) is 9.97 Å². The average molecular weight is 441 g/mol. The predicted molar refractivity (Wildman–Crippen MR) is 120 cm³/mol. The summed E-state index contributed by atoms with van der Waals surface area (Å²) in [5, 5.41) is 1.24. The summed E-state index contributed by atoms with van der Waals surface area (Å²) in [4.78, 5) is 16.7. The van der Waals surface area contributed by atoms with Crippen LogP contribution in [0.25, 0.3) is 21.1 Å². The zero-order chi connectivity index (χ0) is 19.8. The lowest BCUT2D eigenvalue weighted by Crippen LogP contribution is -2.40.